The minimum absolute atomic E-state index is 0.329. The van der Waals surface area contributed by atoms with Gasteiger partial charge in [0.25, 0.3) is 0 Å². The van der Waals surface area contributed by atoms with Crippen LogP contribution in [0.1, 0.15) is 16.7 Å². The molecule has 0 N–H and O–H groups in total. The molecule has 0 radical (unpaired) electrons. The van der Waals surface area contributed by atoms with Gasteiger partial charge in [0.05, 0.1) is 26.4 Å². The smallest absolute Gasteiger partial charge is 0.186 e. The third-order valence-electron chi connectivity index (χ3n) is 6.06. The Labute approximate surface area is 207 Å². The summed E-state index contributed by atoms with van der Waals surface area (Å²) >= 11 is 0. The van der Waals surface area contributed by atoms with E-state index in [1.165, 1.54) is 0 Å². The van der Waals surface area contributed by atoms with Crippen molar-refractivity contribution in [2.75, 3.05) is 20.8 Å². The number of hydrogen-bond acceptors (Lipinski definition) is 6. The van der Waals surface area contributed by atoms with E-state index in [4.69, 9.17) is 28.4 Å². The van der Waals surface area contributed by atoms with Crippen molar-refractivity contribution >= 4 is 0 Å². The van der Waals surface area contributed by atoms with Gasteiger partial charge < -0.3 is 28.4 Å². The van der Waals surface area contributed by atoms with Crippen LogP contribution in [-0.4, -0.2) is 51.5 Å². The Kier molecular flexibility index (Phi) is 9.84. The molecule has 6 nitrogen and oxygen atoms in total. The Balaban J connectivity index is 1.51. The lowest BCUT2D eigenvalue weighted by atomic mass is 9.98. The highest BCUT2D eigenvalue weighted by Gasteiger charge is 2.48. The summed E-state index contributed by atoms with van der Waals surface area (Å²) in [5.41, 5.74) is 3.24. The van der Waals surface area contributed by atoms with Crippen LogP contribution >= 0.6 is 0 Å². The van der Waals surface area contributed by atoms with E-state index in [2.05, 4.69) is 0 Å². The summed E-state index contributed by atoms with van der Waals surface area (Å²) in [5, 5.41) is 0. The van der Waals surface area contributed by atoms with Gasteiger partial charge in [0.15, 0.2) is 6.29 Å². The van der Waals surface area contributed by atoms with E-state index in [9.17, 15) is 0 Å². The van der Waals surface area contributed by atoms with Crippen LogP contribution in [0.3, 0.4) is 0 Å². The van der Waals surface area contributed by atoms with Crippen molar-refractivity contribution in [2.45, 2.75) is 50.5 Å². The van der Waals surface area contributed by atoms with Crippen LogP contribution in [0.15, 0.2) is 91.0 Å². The molecule has 0 unspecified atom stereocenters. The van der Waals surface area contributed by atoms with Gasteiger partial charge in [-0.05, 0) is 16.7 Å². The Morgan fingerprint density at radius 3 is 1.54 bits per heavy atom. The molecule has 1 heterocycles. The van der Waals surface area contributed by atoms with Crippen LogP contribution in [0.2, 0.25) is 0 Å². The molecule has 6 heteroatoms. The first-order chi connectivity index (χ1) is 17.3. The Bertz CT molecular complexity index is 968. The third kappa shape index (κ3) is 7.21. The molecule has 3 aromatic rings. The van der Waals surface area contributed by atoms with Crippen molar-refractivity contribution in [1.82, 2.24) is 0 Å². The first-order valence-corrected chi connectivity index (χ1v) is 11.9. The SMILES string of the molecule is CO[C@H]1O[C@H](COCc2ccccc2)[C@@H](OCc2ccccc2)[C@H](OCc2ccccc2)[C@@H]1OC. The molecule has 1 fully saturated rings. The number of rotatable bonds is 12. The summed E-state index contributed by atoms with van der Waals surface area (Å²) in [4.78, 5) is 0. The molecule has 5 atom stereocenters. The van der Waals surface area contributed by atoms with Crippen molar-refractivity contribution in [3.05, 3.63) is 108 Å². The zero-order valence-electron chi connectivity index (χ0n) is 20.3. The molecule has 186 valence electrons. The van der Waals surface area contributed by atoms with Crippen molar-refractivity contribution in [1.29, 1.82) is 0 Å². The summed E-state index contributed by atoms with van der Waals surface area (Å²) in [5.74, 6) is 0. The van der Waals surface area contributed by atoms with Gasteiger partial charge in [0.1, 0.15) is 24.4 Å². The van der Waals surface area contributed by atoms with Gasteiger partial charge in [-0.2, -0.15) is 0 Å². The van der Waals surface area contributed by atoms with Gasteiger partial charge in [-0.1, -0.05) is 91.0 Å². The molecule has 1 aliphatic heterocycles. The van der Waals surface area contributed by atoms with E-state index in [1.54, 1.807) is 14.2 Å². The van der Waals surface area contributed by atoms with E-state index >= 15 is 0 Å². The molecular formula is C29H34O6. The van der Waals surface area contributed by atoms with Gasteiger partial charge in [0, 0.05) is 14.2 Å². The maximum Gasteiger partial charge on any atom is 0.186 e. The molecular weight excluding hydrogens is 444 g/mol. The summed E-state index contributed by atoms with van der Waals surface area (Å²) in [6.45, 7) is 1.65. The van der Waals surface area contributed by atoms with Gasteiger partial charge in [0.2, 0.25) is 0 Å². The van der Waals surface area contributed by atoms with Gasteiger partial charge >= 0.3 is 0 Å². The average Bonchev–Trinajstić information content (AvgIpc) is 2.92. The second kappa shape index (κ2) is 13.5. The highest BCUT2D eigenvalue weighted by molar-refractivity contribution is 5.15. The van der Waals surface area contributed by atoms with E-state index in [1.807, 2.05) is 91.0 Å². The Morgan fingerprint density at radius 2 is 1.06 bits per heavy atom. The van der Waals surface area contributed by atoms with E-state index in [0.717, 1.165) is 16.7 Å². The Hall–Kier alpha value is -2.58. The standard InChI is InChI=1S/C29H34O6/c1-30-28-27(34-20-24-16-10-5-11-17-24)26(33-19-23-14-8-4-9-15-23)25(35-29(28)31-2)21-32-18-22-12-6-3-7-13-22/h3-17,25-29H,18-21H2,1-2H3/t25-,26-,27+,28+,29+/m1/s1. The largest absolute Gasteiger partial charge is 0.374 e. The summed E-state index contributed by atoms with van der Waals surface area (Å²) in [7, 11) is 3.25. The first kappa shape index (κ1) is 25.5. The zero-order valence-corrected chi connectivity index (χ0v) is 20.3. The number of benzene rings is 3. The maximum absolute atomic E-state index is 6.44. The minimum atomic E-state index is -0.609. The fourth-order valence-electron chi connectivity index (χ4n) is 4.24. The molecule has 35 heavy (non-hydrogen) atoms. The molecule has 4 rings (SSSR count). The topological polar surface area (TPSA) is 55.4 Å². The highest BCUT2D eigenvalue weighted by atomic mass is 16.7. The lowest BCUT2D eigenvalue weighted by molar-refractivity contribution is -0.317. The van der Waals surface area contributed by atoms with Crippen molar-refractivity contribution < 1.29 is 28.4 Å². The average molecular weight is 479 g/mol. The van der Waals surface area contributed by atoms with Crippen LogP contribution in [-0.2, 0) is 48.2 Å². The van der Waals surface area contributed by atoms with Crippen molar-refractivity contribution in [3.63, 3.8) is 0 Å². The minimum Gasteiger partial charge on any atom is -0.374 e. The quantitative estimate of drug-likeness (QED) is 0.374. The second-order valence-corrected chi connectivity index (χ2v) is 8.50. The van der Waals surface area contributed by atoms with E-state index in [0.29, 0.717) is 26.4 Å². The summed E-state index contributed by atoms with van der Waals surface area (Å²) in [6, 6.07) is 30.2. The number of methoxy groups -OCH3 is 2. The van der Waals surface area contributed by atoms with Gasteiger partial charge in [-0.15, -0.1) is 0 Å². The molecule has 3 aromatic carbocycles. The van der Waals surface area contributed by atoms with Crippen molar-refractivity contribution in [3.8, 4) is 0 Å². The maximum atomic E-state index is 6.44. The fourth-order valence-corrected chi connectivity index (χ4v) is 4.24. The summed E-state index contributed by atoms with van der Waals surface area (Å²) in [6.07, 6.45) is -2.32. The second-order valence-electron chi connectivity index (χ2n) is 8.50. The lowest BCUT2D eigenvalue weighted by Gasteiger charge is -2.45. The zero-order chi connectivity index (χ0) is 24.3. The predicted octanol–water partition coefficient (Wildman–Crippen LogP) is 4.76. The molecule has 0 aliphatic carbocycles. The monoisotopic (exact) mass is 478 g/mol. The molecule has 0 saturated carbocycles. The molecule has 0 amide bonds. The first-order valence-electron chi connectivity index (χ1n) is 11.9. The molecule has 1 saturated heterocycles. The molecule has 0 bridgehead atoms. The molecule has 0 aromatic heterocycles. The third-order valence-corrected chi connectivity index (χ3v) is 6.06. The molecule has 0 spiro atoms. The van der Waals surface area contributed by atoms with Gasteiger partial charge in [-0.25, -0.2) is 0 Å². The predicted molar refractivity (Wildman–Crippen MR) is 133 cm³/mol. The van der Waals surface area contributed by atoms with Crippen LogP contribution in [0.5, 0.6) is 0 Å². The fraction of sp³-hybridized carbons (Fsp3) is 0.379. The number of ether oxygens (including phenoxy) is 6. The highest BCUT2D eigenvalue weighted by Crippen LogP contribution is 2.30. The Morgan fingerprint density at radius 1 is 0.571 bits per heavy atom. The normalized spacial score (nSPS) is 24.3. The van der Waals surface area contributed by atoms with Crippen LogP contribution in [0, 0.1) is 0 Å². The van der Waals surface area contributed by atoms with Gasteiger partial charge in [-0.3, -0.25) is 0 Å². The lowest BCUT2D eigenvalue weighted by Crippen LogP contribution is -2.61. The van der Waals surface area contributed by atoms with Crippen LogP contribution in [0.4, 0.5) is 0 Å². The van der Waals surface area contributed by atoms with Crippen LogP contribution < -0.4 is 0 Å². The summed E-state index contributed by atoms with van der Waals surface area (Å²) < 4.78 is 36.7. The van der Waals surface area contributed by atoms with Crippen molar-refractivity contribution in [2.24, 2.45) is 0 Å². The molecule has 1 aliphatic rings. The number of hydrogen-bond donors (Lipinski definition) is 0. The van der Waals surface area contributed by atoms with Crippen LogP contribution in [0.25, 0.3) is 0 Å². The van der Waals surface area contributed by atoms with E-state index < -0.39 is 30.7 Å². The van der Waals surface area contributed by atoms with E-state index in [-0.39, 0.29) is 0 Å².